The van der Waals surface area contributed by atoms with Gasteiger partial charge in [-0.05, 0) is 18.1 Å². The molecule has 0 unspecified atom stereocenters. The summed E-state index contributed by atoms with van der Waals surface area (Å²) in [4.78, 5) is 9.07. The van der Waals surface area contributed by atoms with Gasteiger partial charge in [0, 0.05) is 30.8 Å². The summed E-state index contributed by atoms with van der Waals surface area (Å²) >= 11 is 0. The Bertz CT molecular complexity index is 544. The number of aromatic nitrogens is 2. The van der Waals surface area contributed by atoms with Crippen LogP contribution in [0, 0.1) is 0 Å². The molecule has 2 heterocycles. The zero-order valence-electron chi connectivity index (χ0n) is 11.3. The molecule has 19 heavy (non-hydrogen) atoms. The summed E-state index contributed by atoms with van der Waals surface area (Å²) in [5.74, 6) is 1.45. The largest absolute Gasteiger partial charge is 0.315 e. The maximum absolute atomic E-state index is 4.69. The van der Waals surface area contributed by atoms with Gasteiger partial charge in [-0.2, -0.15) is 0 Å². The maximum Gasteiger partial charge on any atom is 0.134 e. The standard InChI is InChI=1S/C16H19N3/c1-2-3-12-4-6-13(7-5-12)15-8-9-18-16(19-15)14-10-17-11-14/h4-9,14,17H,2-3,10-11H2,1H3. The second-order valence-electron chi connectivity index (χ2n) is 5.10. The third-order valence-electron chi connectivity index (χ3n) is 3.61. The third kappa shape index (κ3) is 2.66. The van der Waals surface area contributed by atoms with Crippen molar-refractivity contribution in [1.82, 2.24) is 15.3 Å². The molecule has 0 spiro atoms. The van der Waals surface area contributed by atoms with Gasteiger partial charge in [0.1, 0.15) is 5.82 Å². The number of hydrogen-bond donors (Lipinski definition) is 1. The number of nitrogens with one attached hydrogen (secondary N) is 1. The van der Waals surface area contributed by atoms with Gasteiger partial charge in [0.05, 0.1) is 5.69 Å². The van der Waals surface area contributed by atoms with Gasteiger partial charge in [-0.15, -0.1) is 0 Å². The molecule has 0 amide bonds. The zero-order valence-corrected chi connectivity index (χ0v) is 11.3. The van der Waals surface area contributed by atoms with Gasteiger partial charge in [0.25, 0.3) is 0 Å². The average Bonchev–Trinajstić information content (AvgIpc) is 2.38. The van der Waals surface area contributed by atoms with E-state index in [1.165, 1.54) is 17.5 Å². The van der Waals surface area contributed by atoms with Crippen molar-refractivity contribution in [2.75, 3.05) is 13.1 Å². The van der Waals surface area contributed by atoms with Gasteiger partial charge in [-0.3, -0.25) is 0 Å². The Balaban J connectivity index is 1.84. The minimum absolute atomic E-state index is 0.485. The summed E-state index contributed by atoms with van der Waals surface area (Å²) in [6, 6.07) is 10.7. The van der Waals surface area contributed by atoms with Crippen molar-refractivity contribution in [2.24, 2.45) is 0 Å². The Morgan fingerprint density at radius 3 is 2.58 bits per heavy atom. The summed E-state index contributed by atoms with van der Waals surface area (Å²) in [6.07, 6.45) is 4.20. The average molecular weight is 253 g/mol. The summed E-state index contributed by atoms with van der Waals surface area (Å²) in [7, 11) is 0. The topological polar surface area (TPSA) is 37.8 Å². The first-order valence-electron chi connectivity index (χ1n) is 7.00. The van der Waals surface area contributed by atoms with E-state index in [0.717, 1.165) is 31.0 Å². The molecule has 0 atom stereocenters. The van der Waals surface area contributed by atoms with Gasteiger partial charge < -0.3 is 5.32 Å². The Labute approximate surface area is 114 Å². The number of benzene rings is 1. The highest BCUT2D eigenvalue weighted by Crippen LogP contribution is 2.21. The SMILES string of the molecule is CCCc1ccc(-c2ccnc(C3CNC3)n2)cc1. The maximum atomic E-state index is 4.69. The first kappa shape index (κ1) is 12.3. The second kappa shape index (κ2) is 5.49. The monoisotopic (exact) mass is 253 g/mol. The molecule has 3 heteroatoms. The summed E-state index contributed by atoms with van der Waals surface area (Å²) in [5.41, 5.74) is 3.60. The first-order chi connectivity index (χ1) is 9.36. The molecule has 1 saturated heterocycles. The molecule has 2 aromatic rings. The first-order valence-corrected chi connectivity index (χ1v) is 7.00. The van der Waals surface area contributed by atoms with Crippen LogP contribution in [-0.4, -0.2) is 23.1 Å². The van der Waals surface area contributed by atoms with Crippen molar-refractivity contribution in [1.29, 1.82) is 0 Å². The smallest absolute Gasteiger partial charge is 0.134 e. The predicted octanol–water partition coefficient (Wildman–Crippen LogP) is 2.78. The second-order valence-corrected chi connectivity index (χ2v) is 5.10. The predicted molar refractivity (Wildman–Crippen MR) is 77.1 cm³/mol. The molecule has 0 saturated carbocycles. The Kier molecular flexibility index (Phi) is 3.56. The fourth-order valence-electron chi connectivity index (χ4n) is 2.33. The Morgan fingerprint density at radius 1 is 1.16 bits per heavy atom. The van der Waals surface area contributed by atoms with Crippen LogP contribution in [0.3, 0.4) is 0 Å². The lowest BCUT2D eigenvalue weighted by Gasteiger charge is -2.25. The zero-order chi connectivity index (χ0) is 13.1. The van der Waals surface area contributed by atoms with E-state index >= 15 is 0 Å². The lowest BCUT2D eigenvalue weighted by Crippen LogP contribution is -2.40. The van der Waals surface area contributed by atoms with Gasteiger partial charge in [-0.1, -0.05) is 37.6 Å². The van der Waals surface area contributed by atoms with Crippen molar-refractivity contribution >= 4 is 0 Å². The fraction of sp³-hybridized carbons (Fsp3) is 0.375. The Hall–Kier alpha value is -1.74. The summed E-state index contributed by atoms with van der Waals surface area (Å²) < 4.78 is 0. The van der Waals surface area contributed by atoms with Crippen LogP contribution in [0.5, 0.6) is 0 Å². The Morgan fingerprint density at radius 2 is 1.95 bits per heavy atom. The molecule has 0 aliphatic carbocycles. The minimum atomic E-state index is 0.485. The van der Waals surface area contributed by atoms with Crippen molar-refractivity contribution in [3.8, 4) is 11.3 Å². The number of rotatable bonds is 4. The number of aryl methyl sites for hydroxylation is 1. The van der Waals surface area contributed by atoms with Gasteiger partial charge in [0.15, 0.2) is 0 Å². The lowest BCUT2D eigenvalue weighted by molar-refractivity contribution is 0.430. The molecular formula is C16H19N3. The van der Waals surface area contributed by atoms with E-state index in [1.807, 2.05) is 12.3 Å². The van der Waals surface area contributed by atoms with Crippen molar-refractivity contribution in [2.45, 2.75) is 25.7 Å². The molecule has 1 N–H and O–H groups in total. The summed E-state index contributed by atoms with van der Waals surface area (Å²) in [6.45, 7) is 4.20. The van der Waals surface area contributed by atoms with E-state index in [4.69, 9.17) is 0 Å². The van der Waals surface area contributed by atoms with Crippen molar-refractivity contribution < 1.29 is 0 Å². The molecule has 1 aromatic heterocycles. The van der Waals surface area contributed by atoms with Crippen LogP contribution in [0.25, 0.3) is 11.3 Å². The van der Waals surface area contributed by atoms with E-state index in [2.05, 4.69) is 46.5 Å². The molecule has 1 aliphatic rings. The molecule has 98 valence electrons. The van der Waals surface area contributed by atoms with Crippen LogP contribution in [0.15, 0.2) is 36.5 Å². The van der Waals surface area contributed by atoms with Crippen LogP contribution < -0.4 is 5.32 Å². The van der Waals surface area contributed by atoms with Gasteiger partial charge >= 0.3 is 0 Å². The van der Waals surface area contributed by atoms with Gasteiger partial charge in [0.2, 0.25) is 0 Å². The highest BCUT2D eigenvalue weighted by atomic mass is 15.0. The van der Waals surface area contributed by atoms with E-state index < -0.39 is 0 Å². The van der Waals surface area contributed by atoms with Crippen molar-refractivity contribution in [3.63, 3.8) is 0 Å². The lowest BCUT2D eigenvalue weighted by atomic mass is 10.0. The molecule has 0 radical (unpaired) electrons. The van der Waals surface area contributed by atoms with E-state index in [-0.39, 0.29) is 0 Å². The van der Waals surface area contributed by atoms with E-state index in [9.17, 15) is 0 Å². The fourth-order valence-corrected chi connectivity index (χ4v) is 2.33. The third-order valence-corrected chi connectivity index (χ3v) is 3.61. The minimum Gasteiger partial charge on any atom is -0.315 e. The highest BCUT2D eigenvalue weighted by molar-refractivity contribution is 5.59. The summed E-state index contributed by atoms with van der Waals surface area (Å²) in [5, 5.41) is 3.26. The van der Waals surface area contributed by atoms with E-state index in [1.54, 1.807) is 0 Å². The molecule has 1 aliphatic heterocycles. The molecule has 3 nitrogen and oxygen atoms in total. The molecule has 1 fully saturated rings. The molecule has 3 rings (SSSR count). The van der Waals surface area contributed by atoms with Crippen LogP contribution in [-0.2, 0) is 6.42 Å². The van der Waals surface area contributed by atoms with Crippen LogP contribution in [0.2, 0.25) is 0 Å². The van der Waals surface area contributed by atoms with Crippen LogP contribution >= 0.6 is 0 Å². The van der Waals surface area contributed by atoms with Gasteiger partial charge in [-0.25, -0.2) is 9.97 Å². The van der Waals surface area contributed by atoms with Crippen LogP contribution in [0.1, 0.15) is 30.7 Å². The molecular weight excluding hydrogens is 234 g/mol. The molecule has 1 aromatic carbocycles. The number of nitrogens with zero attached hydrogens (tertiary/aromatic N) is 2. The quantitative estimate of drug-likeness (QED) is 0.910. The number of hydrogen-bond acceptors (Lipinski definition) is 3. The van der Waals surface area contributed by atoms with E-state index in [0.29, 0.717) is 5.92 Å². The molecule has 0 bridgehead atoms. The van der Waals surface area contributed by atoms with Crippen LogP contribution in [0.4, 0.5) is 0 Å². The highest BCUT2D eigenvalue weighted by Gasteiger charge is 2.21. The normalized spacial score (nSPS) is 15.2. The van der Waals surface area contributed by atoms with Crippen molar-refractivity contribution in [3.05, 3.63) is 47.9 Å².